The molecule has 1 saturated heterocycles. The number of aromatic hydroxyl groups is 1. The molecule has 4 heteroatoms. The Labute approximate surface area is 129 Å². The maximum absolute atomic E-state index is 9.75. The molecule has 0 saturated carbocycles. The molecule has 2 N–H and O–H groups in total. The Hall–Kier alpha value is -2.51. The standard InChI is InChI=1S/C18H16N2O2/c19-10-11-4-5-16-15(8-11)18-14(6-7-22-18)17(20-16)12-2-1-3-13(21)9-12/h1-5,8-9,14,17-18,20-21H,6-7H2/t14-,17-,18-/m0/s1. The van der Waals surface area contributed by atoms with Crippen molar-refractivity contribution in [2.75, 3.05) is 11.9 Å². The summed E-state index contributed by atoms with van der Waals surface area (Å²) in [5.41, 5.74) is 3.80. The van der Waals surface area contributed by atoms with Gasteiger partial charge in [0.15, 0.2) is 0 Å². The zero-order valence-corrected chi connectivity index (χ0v) is 12.0. The van der Waals surface area contributed by atoms with Crippen LogP contribution in [0.2, 0.25) is 0 Å². The van der Waals surface area contributed by atoms with E-state index >= 15 is 0 Å². The molecule has 2 heterocycles. The van der Waals surface area contributed by atoms with E-state index in [1.807, 2.05) is 36.4 Å². The maximum Gasteiger partial charge on any atom is 0.115 e. The minimum Gasteiger partial charge on any atom is -0.508 e. The Morgan fingerprint density at radius 2 is 2.14 bits per heavy atom. The van der Waals surface area contributed by atoms with Crippen molar-refractivity contribution in [2.45, 2.75) is 18.6 Å². The van der Waals surface area contributed by atoms with Crippen molar-refractivity contribution in [3.8, 4) is 11.8 Å². The van der Waals surface area contributed by atoms with Crippen molar-refractivity contribution in [3.63, 3.8) is 0 Å². The number of anilines is 1. The van der Waals surface area contributed by atoms with Crippen molar-refractivity contribution >= 4 is 5.69 Å². The number of rotatable bonds is 1. The Balaban J connectivity index is 1.79. The first-order chi connectivity index (χ1) is 10.8. The van der Waals surface area contributed by atoms with Gasteiger partial charge in [0.25, 0.3) is 0 Å². The average molecular weight is 292 g/mol. The first-order valence-electron chi connectivity index (χ1n) is 7.47. The van der Waals surface area contributed by atoms with Crippen LogP contribution in [-0.2, 0) is 4.74 Å². The molecule has 2 aromatic carbocycles. The van der Waals surface area contributed by atoms with E-state index in [1.165, 1.54) is 0 Å². The number of benzene rings is 2. The number of hydrogen-bond donors (Lipinski definition) is 2. The van der Waals surface area contributed by atoms with Crippen molar-refractivity contribution in [2.24, 2.45) is 5.92 Å². The highest BCUT2D eigenvalue weighted by atomic mass is 16.5. The van der Waals surface area contributed by atoms with E-state index in [0.717, 1.165) is 29.8 Å². The van der Waals surface area contributed by atoms with Crippen LogP contribution in [0.25, 0.3) is 0 Å². The van der Waals surface area contributed by atoms with Gasteiger partial charge < -0.3 is 15.2 Å². The predicted octanol–water partition coefficient (Wildman–Crippen LogP) is 3.51. The number of phenolic OH excluding ortho intramolecular Hbond substituents is 1. The molecular formula is C18H16N2O2. The lowest BCUT2D eigenvalue weighted by atomic mass is 9.80. The van der Waals surface area contributed by atoms with Crippen molar-refractivity contribution in [3.05, 3.63) is 59.2 Å². The van der Waals surface area contributed by atoms with Crippen molar-refractivity contribution in [1.29, 1.82) is 5.26 Å². The third kappa shape index (κ3) is 2.02. The molecule has 0 bridgehead atoms. The van der Waals surface area contributed by atoms with Gasteiger partial charge in [-0.3, -0.25) is 0 Å². The summed E-state index contributed by atoms with van der Waals surface area (Å²) in [6, 6.07) is 15.4. The van der Waals surface area contributed by atoms with Crippen molar-refractivity contribution in [1.82, 2.24) is 0 Å². The van der Waals surface area contributed by atoms with Gasteiger partial charge in [0.05, 0.1) is 23.8 Å². The summed E-state index contributed by atoms with van der Waals surface area (Å²) in [5.74, 6) is 0.587. The van der Waals surface area contributed by atoms with Crippen LogP contribution in [0.4, 0.5) is 5.69 Å². The van der Waals surface area contributed by atoms with Crippen LogP contribution in [0.1, 0.15) is 35.3 Å². The Kier molecular flexibility index (Phi) is 3.02. The van der Waals surface area contributed by atoms with E-state index in [1.54, 1.807) is 6.07 Å². The second kappa shape index (κ2) is 5.04. The molecular weight excluding hydrogens is 276 g/mol. The predicted molar refractivity (Wildman–Crippen MR) is 82.4 cm³/mol. The lowest BCUT2D eigenvalue weighted by Gasteiger charge is -2.36. The van der Waals surface area contributed by atoms with Crippen LogP contribution in [0.5, 0.6) is 5.75 Å². The lowest BCUT2D eigenvalue weighted by molar-refractivity contribution is 0.0829. The highest BCUT2D eigenvalue weighted by molar-refractivity contribution is 5.60. The number of ether oxygens (including phenoxy) is 1. The minimum atomic E-state index is 0.0110. The molecule has 0 radical (unpaired) electrons. The molecule has 22 heavy (non-hydrogen) atoms. The van der Waals surface area contributed by atoms with E-state index in [-0.39, 0.29) is 17.9 Å². The van der Waals surface area contributed by atoms with Crippen LogP contribution in [0.3, 0.4) is 0 Å². The first kappa shape index (κ1) is 13.2. The van der Waals surface area contributed by atoms with E-state index in [9.17, 15) is 5.11 Å². The summed E-state index contributed by atoms with van der Waals surface area (Å²) in [6.07, 6.45) is 0.977. The van der Waals surface area contributed by atoms with Gasteiger partial charge in [-0.2, -0.15) is 5.26 Å². The molecule has 0 aromatic heterocycles. The SMILES string of the molecule is N#Cc1ccc2c(c1)[C@H]1OCC[C@H]1[C@H](c1cccc(O)c1)N2. The summed E-state index contributed by atoms with van der Waals surface area (Å²) < 4.78 is 5.95. The summed E-state index contributed by atoms with van der Waals surface area (Å²) in [5, 5.41) is 22.4. The number of phenols is 1. The maximum atomic E-state index is 9.75. The molecule has 0 spiro atoms. The number of nitrogens with zero attached hydrogens (tertiary/aromatic N) is 1. The second-order valence-electron chi connectivity index (χ2n) is 5.87. The number of nitriles is 1. The molecule has 1 fully saturated rings. The Bertz CT molecular complexity index is 766. The van der Waals surface area contributed by atoms with Gasteiger partial charge in [0, 0.05) is 23.8 Å². The molecule has 4 nitrogen and oxygen atoms in total. The second-order valence-corrected chi connectivity index (χ2v) is 5.87. The zero-order valence-electron chi connectivity index (χ0n) is 12.0. The van der Waals surface area contributed by atoms with Crippen LogP contribution in [-0.4, -0.2) is 11.7 Å². The van der Waals surface area contributed by atoms with Gasteiger partial charge in [-0.15, -0.1) is 0 Å². The normalized spacial score (nSPS) is 25.7. The summed E-state index contributed by atoms with van der Waals surface area (Å²) in [4.78, 5) is 0. The molecule has 4 rings (SSSR count). The molecule has 2 aromatic rings. The fourth-order valence-corrected chi connectivity index (χ4v) is 3.59. The Morgan fingerprint density at radius 3 is 2.95 bits per heavy atom. The van der Waals surface area contributed by atoms with Gasteiger partial charge in [-0.1, -0.05) is 12.1 Å². The number of fused-ring (bicyclic) bond motifs is 3. The fourth-order valence-electron chi connectivity index (χ4n) is 3.59. The third-order valence-electron chi connectivity index (χ3n) is 4.59. The minimum absolute atomic E-state index is 0.0110. The topological polar surface area (TPSA) is 65.3 Å². The largest absolute Gasteiger partial charge is 0.508 e. The van der Waals surface area contributed by atoms with Crippen LogP contribution in [0.15, 0.2) is 42.5 Å². The first-order valence-corrected chi connectivity index (χ1v) is 7.47. The molecule has 0 amide bonds. The van der Waals surface area contributed by atoms with Gasteiger partial charge in [-0.25, -0.2) is 0 Å². The van der Waals surface area contributed by atoms with E-state index in [2.05, 4.69) is 11.4 Å². The Morgan fingerprint density at radius 1 is 1.23 bits per heavy atom. The number of nitrogens with one attached hydrogen (secondary N) is 1. The van der Waals surface area contributed by atoms with E-state index in [0.29, 0.717) is 11.5 Å². The molecule has 0 aliphatic carbocycles. The van der Waals surface area contributed by atoms with Crippen LogP contribution in [0, 0.1) is 17.2 Å². The quantitative estimate of drug-likeness (QED) is 0.844. The highest BCUT2D eigenvalue weighted by Gasteiger charge is 2.41. The van der Waals surface area contributed by atoms with Gasteiger partial charge >= 0.3 is 0 Å². The summed E-state index contributed by atoms with van der Waals surface area (Å²) in [6.45, 7) is 0.725. The van der Waals surface area contributed by atoms with E-state index < -0.39 is 0 Å². The average Bonchev–Trinajstić information content (AvgIpc) is 3.03. The summed E-state index contributed by atoms with van der Waals surface area (Å²) >= 11 is 0. The highest BCUT2D eigenvalue weighted by Crippen LogP contribution is 2.50. The molecule has 0 unspecified atom stereocenters. The van der Waals surface area contributed by atoms with Gasteiger partial charge in [0.2, 0.25) is 0 Å². The summed E-state index contributed by atoms with van der Waals surface area (Å²) in [7, 11) is 0. The molecule has 2 aliphatic heterocycles. The molecule has 3 atom stereocenters. The lowest BCUT2D eigenvalue weighted by Crippen LogP contribution is -2.29. The smallest absolute Gasteiger partial charge is 0.115 e. The monoisotopic (exact) mass is 292 g/mol. The van der Waals surface area contributed by atoms with E-state index in [4.69, 9.17) is 10.00 Å². The van der Waals surface area contributed by atoms with Crippen LogP contribution < -0.4 is 5.32 Å². The fraction of sp³-hybridized carbons (Fsp3) is 0.278. The third-order valence-corrected chi connectivity index (χ3v) is 4.59. The zero-order chi connectivity index (χ0) is 15.1. The van der Waals surface area contributed by atoms with Crippen molar-refractivity contribution < 1.29 is 9.84 Å². The number of hydrogen-bond acceptors (Lipinski definition) is 4. The molecule has 110 valence electrons. The van der Waals surface area contributed by atoms with Gasteiger partial charge in [-0.05, 0) is 42.3 Å². The molecule has 2 aliphatic rings. The van der Waals surface area contributed by atoms with Gasteiger partial charge in [0.1, 0.15) is 5.75 Å². The van der Waals surface area contributed by atoms with Crippen LogP contribution >= 0.6 is 0 Å².